The molecule has 0 aliphatic carbocycles. The summed E-state index contributed by atoms with van der Waals surface area (Å²) in [6.45, 7) is 14.9. The van der Waals surface area contributed by atoms with Gasteiger partial charge in [-0.15, -0.1) is 0 Å². The van der Waals surface area contributed by atoms with E-state index >= 15 is 0 Å². The highest BCUT2D eigenvalue weighted by molar-refractivity contribution is 4.67. The third kappa shape index (κ3) is 8.93. The summed E-state index contributed by atoms with van der Waals surface area (Å²) in [5.74, 6) is 1.62. The molecule has 2 N–H and O–H groups in total. The summed E-state index contributed by atoms with van der Waals surface area (Å²) in [4.78, 5) is 2.62. The summed E-state index contributed by atoms with van der Waals surface area (Å²) < 4.78 is 0. The molecule has 0 aromatic rings. The van der Waals surface area contributed by atoms with Crippen LogP contribution in [0.15, 0.2) is 0 Å². The smallest absolute Gasteiger partial charge is 0.00387 e. The van der Waals surface area contributed by atoms with Crippen LogP contribution in [0.5, 0.6) is 0 Å². The summed E-state index contributed by atoms with van der Waals surface area (Å²) >= 11 is 0. The molecule has 0 aliphatic rings. The predicted molar refractivity (Wildman–Crippen MR) is 82.9 cm³/mol. The Morgan fingerprint density at radius 2 is 1.67 bits per heavy atom. The molecule has 1 unspecified atom stereocenters. The van der Waals surface area contributed by atoms with E-state index in [0.29, 0.717) is 6.04 Å². The van der Waals surface area contributed by atoms with Crippen molar-refractivity contribution in [2.24, 2.45) is 17.6 Å². The van der Waals surface area contributed by atoms with Crippen molar-refractivity contribution >= 4 is 0 Å². The molecule has 0 aliphatic heterocycles. The Balaban J connectivity index is 3.94. The van der Waals surface area contributed by atoms with Gasteiger partial charge in [0, 0.05) is 12.6 Å². The summed E-state index contributed by atoms with van der Waals surface area (Å²) in [5, 5.41) is 0. The van der Waals surface area contributed by atoms with Crippen molar-refractivity contribution in [1.82, 2.24) is 4.90 Å². The standard InChI is InChI=1S/C16H36N2/c1-6-8-16(10-11-17)9-7-12-18(15(4)5)13-14(2)3/h14-16H,6-13,17H2,1-5H3. The molecule has 0 saturated heterocycles. The van der Waals surface area contributed by atoms with Crippen molar-refractivity contribution < 1.29 is 0 Å². The second kappa shape index (κ2) is 10.8. The zero-order chi connectivity index (χ0) is 14.0. The van der Waals surface area contributed by atoms with Crippen molar-refractivity contribution in [3.63, 3.8) is 0 Å². The van der Waals surface area contributed by atoms with E-state index in [9.17, 15) is 0 Å². The molecule has 1 atom stereocenters. The summed E-state index contributed by atoms with van der Waals surface area (Å²) in [6, 6.07) is 0.673. The zero-order valence-corrected chi connectivity index (χ0v) is 13.4. The SMILES string of the molecule is CCCC(CCN)CCCN(CC(C)C)C(C)C. The van der Waals surface area contributed by atoms with Gasteiger partial charge in [0.1, 0.15) is 0 Å². The minimum Gasteiger partial charge on any atom is -0.330 e. The summed E-state index contributed by atoms with van der Waals surface area (Å²) in [6.07, 6.45) is 6.54. The third-order valence-electron chi connectivity index (χ3n) is 3.66. The molecule has 0 bridgehead atoms. The molecule has 110 valence electrons. The molecule has 0 aromatic heterocycles. The van der Waals surface area contributed by atoms with Gasteiger partial charge in [-0.05, 0) is 58.0 Å². The van der Waals surface area contributed by atoms with Crippen molar-refractivity contribution in [3.8, 4) is 0 Å². The highest BCUT2D eigenvalue weighted by Crippen LogP contribution is 2.18. The molecule has 2 heteroatoms. The Morgan fingerprint density at radius 1 is 1.00 bits per heavy atom. The van der Waals surface area contributed by atoms with Gasteiger partial charge in [0.05, 0.1) is 0 Å². The average Bonchev–Trinajstić information content (AvgIpc) is 2.27. The largest absolute Gasteiger partial charge is 0.330 e. The maximum Gasteiger partial charge on any atom is 0.00387 e. The van der Waals surface area contributed by atoms with E-state index in [-0.39, 0.29) is 0 Å². The number of nitrogens with zero attached hydrogens (tertiary/aromatic N) is 1. The van der Waals surface area contributed by atoms with E-state index in [2.05, 4.69) is 39.5 Å². The van der Waals surface area contributed by atoms with Crippen LogP contribution in [0.1, 0.15) is 66.7 Å². The summed E-state index contributed by atoms with van der Waals surface area (Å²) in [7, 11) is 0. The van der Waals surface area contributed by atoms with Gasteiger partial charge in [-0.2, -0.15) is 0 Å². The molecule has 0 radical (unpaired) electrons. The zero-order valence-electron chi connectivity index (χ0n) is 13.4. The van der Waals surface area contributed by atoms with Gasteiger partial charge in [-0.1, -0.05) is 33.6 Å². The van der Waals surface area contributed by atoms with Crippen molar-refractivity contribution in [2.75, 3.05) is 19.6 Å². The quantitative estimate of drug-likeness (QED) is 0.607. The van der Waals surface area contributed by atoms with Crippen LogP contribution >= 0.6 is 0 Å². The van der Waals surface area contributed by atoms with Crippen LogP contribution in [-0.4, -0.2) is 30.6 Å². The minimum atomic E-state index is 0.673. The molecule has 0 heterocycles. The molecule has 0 fully saturated rings. The molecular weight excluding hydrogens is 220 g/mol. The maximum atomic E-state index is 5.69. The lowest BCUT2D eigenvalue weighted by molar-refractivity contribution is 0.189. The third-order valence-corrected chi connectivity index (χ3v) is 3.66. The fourth-order valence-electron chi connectivity index (χ4n) is 2.69. The second-order valence-corrected chi connectivity index (χ2v) is 6.36. The number of nitrogens with two attached hydrogens (primary N) is 1. The summed E-state index contributed by atoms with van der Waals surface area (Å²) in [5.41, 5.74) is 5.69. The van der Waals surface area contributed by atoms with E-state index < -0.39 is 0 Å². The first-order valence-electron chi connectivity index (χ1n) is 7.95. The van der Waals surface area contributed by atoms with Crippen LogP contribution < -0.4 is 5.73 Å². The van der Waals surface area contributed by atoms with E-state index in [1.54, 1.807) is 0 Å². The van der Waals surface area contributed by atoms with Crippen LogP contribution in [0.2, 0.25) is 0 Å². The van der Waals surface area contributed by atoms with Gasteiger partial charge in [0.25, 0.3) is 0 Å². The molecule has 0 rings (SSSR count). The molecule has 2 nitrogen and oxygen atoms in total. The first kappa shape index (κ1) is 17.9. The second-order valence-electron chi connectivity index (χ2n) is 6.36. The Morgan fingerprint density at radius 3 is 2.11 bits per heavy atom. The minimum absolute atomic E-state index is 0.673. The normalized spacial score (nSPS) is 13.8. The van der Waals surface area contributed by atoms with Crippen LogP contribution in [0.3, 0.4) is 0 Å². The van der Waals surface area contributed by atoms with Crippen LogP contribution in [-0.2, 0) is 0 Å². The number of rotatable bonds is 11. The first-order valence-corrected chi connectivity index (χ1v) is 7.95. The van der Waals surface area contributed by atoms with E-state index in [0.717, 1.165) is 18.4 Å². The first-order chi connectivity index (χ1) is 8.51. The fourth-order valence-corrected chi connectivity index (χ4v) is 2.69. The topological polar surface area (TPSA) is 29.3 Å². The maximum absolute atomic E-state index is 5.69. The van der Waals surface area contributed by atoms with Gasteiger partial charge < -0.3 is 10.6 Å². The predicted octanol–water partition coefficient (Wildman–Crippen LogP) is 3.90. The lowest BCUT2D eigenvalue weighted by Crippen LogP contribution is -2.35. The van der Waals surface area contributed by atoms with Crippen molar-refractivity contribution in [1.29, 1.82) is 0 Å². The average molecular weight is 256 g/mol. The van der Waals surface area contributed by atoms with Gasteiger partial charge in [-0.3, -0.25) is 0 Å². The Labute approximate surface area is 115 Å². The van der Waals surface area contributed by atoms with E-state index in [1.807, 2.05) is 0 Å². The van der Waals surface area contributed by atoms with E-state index in [1.165, 1.54) is 45.2 Å². The van der Waals surface area contributed by atoms with Gasteiger partial charge in [0.15, 0.2) is 0 Å². The van der Waals surface area contributed by atoms with Gasteiger partial charge in [-0.25, -0.2) is 0 Å². The highest BCUT2D eigenvalue weighted by Gasteiger charge is 2.12. The Bertz CT molecular complexity index is 172. The molecular formula is C16H36N2. The van der Waals surface area contributed by atoms with Gasteiger partial charge >= 0.3 is 0 Å². The Hall–Kier alpha value is -0.0800. The molecule has 0 aromatic carbocycles. The van der Waals surface area contributed by atoms with Gasteiger partial charge in [0.2, 0.25) is 0 Å². The van der Waals surface area contributed by atoms with Crippen molar-refractivity contribution in [3.05, 3.63) is 0 Å². The monoisotopic (exact) mass is 256 g/mol. The molecule has 0 amide bonds. The van der Waals surface area contributed by atoms with Crippen LogP contribution in [0.4, 0.5) is 0 Å². The highest BCUT2D eigenvalue weighted by atomic mass is 15.1. The number of hydrogen-bond acceptors (Lipinski definition) is 2. The lowest BCUT2D eigenvalue weighted by atomic mass is 9.94. The fraction of sp³-hybridized carbons (Fsp3) is 1.00. The van der Waals surface area contributed by atoms with Crippen LogP contribution in [0, 0.1) is 11.8 Å². The van der Waals surface area contributed by atoms with E-state index in [4.69, 9.17) is 5.73 Å². The molecule has 0 saturated carbocycles. The Kier molecular flexibility index (Phi) is 10.8. The van der Waals surface area contributed by atoms with Crippen molar-refractivity contribution in [2.45, 2.75) is 72.8 Å². The lowest BCUT2D eigenvalue weighted by Gasteiger charge is -2.29. The molecule has 0 spiro atoms. The molecule has 18 heavy (non-hydrogen) atoms. The number of hydrogen-bond donors (Lipinski definition) is 1. The van der Waals surface area contributed by atoms with Crippen LogP contribution in [0.25, 0.3) is 0 Å².